The van der Waals surface area contributed by atoms with Crippen molar-refractivity contribution in [2.24, 2.45) is 0 Å². The van der Waals surface area contributed by atoms with Crippen molar-refractivity contribution in [1.29, 1.82) is 0 Å². The van der Waals surface area contributed by atoms with Crippen molar-refractivity contribution in [2.45, 2.75) is 12.8 Å². The van der Waals surface area contributed by atoms with Gasteiger partial charge in [-0.05, 0) is 6.92 Å². The highest BCUT2D eigenvalue weighted by Gasteiger charge is 2.14. The number of rotatable bonds is 2. The van der Waals surface area contributed by atoms with Gasteiger partial charge in [-0.3, -0.25) is 0 Å². The Morgan fingerprint density at radius 1 is 1.82 bits per heavy atom. The quantitative estimate of drug-likeness (QED) is 0.691. The van der Waals surface area contributed by atoms with Crippen LogP contribution < -0.4 is 0 Å². The Labute approximate surface area is 67.8 Å². The molecule has 5 heteroatoms. The molecule has 60 valence electrons. The van der Waals surface area contributed by atoms with Crippen LogP contribution in [0.15, 0.2) is 4.42 Å². The van der Waals surface area contributed by atoms with Crippen LogP contribution in [0.1, 0.15) is 22.1 Å². The van der Waals surface area contributed by atoms with E-state index in [2.05, 4.69) is 4.98 Å². The normalized spacial score (nSPS) is 10.0. The molecule has 0 spiro atoms. The van der Waals surface area contributed by atoms with Crippen LogP contribution in [0.25, 0.3) is 0 Å². The van der Waals surface area contributed by atoms with Crippen molar-refractivity contribution in [1.82, 2.24) is 4.98 Å². The fraction of sp³-hybridized carbons (Fsp3) is 0.333. The van der Waals surface area contributed by atoms with Crippen LogP contribution in [0.4, 0.5) is 0 Å². The molecule has 0 aliphatic heterocycles. The number of carbonyl (C=O) groups is 1. The summed E-state index contributed by atoms with van der Waals surface area (Å²) in [6.07, 6.45) is 0. The summed E-state index contributed by atoms with van der Waals surface area (Å²) < 4.78 is 4.90. The number of oxazole rings is 1. The zero-order chi connectivity index (χ0) is 8.43. The molecule has 0 aliphatic rings. The van der Waals surface area contributed by atoms with E-state index in [4.69, 9.17) is 21.1 Å². The molecule has 0 radical (unpaired) electrons. The van der Waals surface area contributed by atoms with E-state index in [1.54, 1.807) is 0 Å². The van der Waals surface area contributed by atoms with Crippen molar-refractivity contribution in [2.75, 3.05) is 0 Å². The van der Waals surface area contributed by atoms with Crippen molar-refractivity contribution in [3.05, 3.63) is 17.3 Å². The lowest BCUT2D eigenvalue weighted by Gasteiger charge is -1.82. The van der Waals surface area contributed by atoms with E-state index < -0.39 is 5.97 Å². The Kier molecular flexibility index (Phi) is 2.14. The lowest BCUT2D eigenvalue weighted by molar-refractivity contribution is 0.0689. The minimum Gasteiger partial charge on any atom is -0.476 e. The van der Waals surface area contributed by atoms with E-state index >= 15 is 0 Å². The highest BCUT2D eigenvalue weighted by molar-refractivity contribution is 6.16. The number of aromatic nitrogens is 1. The first-order valence-corrected chi connectivity index (χ1v) is 3.44. The minimum atomic E-state index is -1.09. The Hall–Kier alpha value is -1.03. The van der Waals surface area contributed by atoms with Gasteiger partial charge in [0.05, 0.1) is 5.88 Å². The van der Waals surface area contributed by atoms with E-state index in [0.29, 0.717) is 0 Å². The van der Waals surface area contributed by atoms with Gasteiger partial charge in [-0.15, -0.1) is 11.6 Å². The Bertz CT molecular complexity index is 281. The SMILES string of the molecule is Cc1oc(CCl)nc1C(=O)O. The molecule has 0 bridgehead atoms. The van der Waals surface area contributed by atoms with Crippen molar-refractivity contribution in [3.63, 3.8) is 0 Å². The topological polar surface area (TPSA) is 63.3 Å². The lowest BCUT2D eigenvalue weighted by atomic mass is 10.4. The summed E-state index contributed by atoms with van der Waals surface area (Å²) >= 11 is 5.37. The molecule has 0 atom stereocenters. The third-order valence-electron chi connectivity index (χ3n) is 1.16. The highest BCUT2D eigenvalue weighted by Crippen LogP contribution is 2.10. The van der Waals surface area contributed by atoms with Gasteiger partial charge in [0.15, 0.2) is 5.69 Å². The van der Waals surface area contributed by atoms with Gasteiger partial charge in [0, 0.05) is 0 Å². The zero-order valence-electron chi connectivity index (χ0n) is 5.80. The first-order chi connectivity index (χ1) is 5.15. The number of carboxylic acids is 1. The van der Waals surface area contributed by atoms with Gasteiger partial charge in [0.25, 0.3) is 0 Å². The summed E-state index contributed by atoms with van der Waals surface area (Å²) in [4.78, 5) is 14.0. The number of hydrogen-bond donors (Lipinski definition) is 1. The Morgan fingerprint density at radius 3 is 2.73 bits per heavy atom. The molecule has 11 heavy (non-hydrogen) atoms. The fourth-order valence-electron chi connectivity index (χ4n) is 0.707. The molecular formula is C6H6ClNO3. The van der Waals surface area contributed by atoms with Crippen molar-refractivity contribution >= 4 is 17.6 Å². The first kappa shape index (κ1) is 8.07. The summed E-state index contributed by atoms with van der Waals surface area (Å²) in [5, 5.41) is 8.51. The smallest absolute Gasteiger partial charge is 0.358 e. The summed E-state index contributed by atoms with van der Waals surface area (Å²) in [6.45, 7) is 1.53. The van der Waals surface area contributed by atoms with Gasteiger partial charge in [0.1, 0.15) is 5.76 Å². The maximum atomic E-state index is 10.4. The second kappa shape index (κ2) is 2.92. The lowest BCUT2D eigenvalue weighted by Crippen LogP contribution is -1.98. The minimum absolute atomic E-state index is 0.0688. The van der Waals surface area contributed by atoms with Crippen molar-refractivity contribution in [3.8, 4) is 0 Å². The van der Waals surface area contributed by atoms with Gasteiger partial charge in [0.2, 0.25) is 5.89 Å². The van der Waals surface area contributed by atoms with Crippen molar-refractivity contribution < 1.29 is 14.3 Å². The van der Waals surface area contributed by atoms with Crippen LogP contribution in [0.3, 0.4) is 0 Å². The molecule has 0 unspecified atom stereocenters. The molecule has 4 nitrogen and oxygen atoms in total. The standard InChI is InChI=1S/C6H6ClNO3/c1-3-5(6(9)10)8-4(2-7)11-3/h2H2,1H3,(H,9,10). The van der Waals surface area contributed by atoms with Crippen LogP contribution in [0, 0.1) is 6.92 Å². The molecule has 0 aliphatic carbocycles. The third kappa shape index (κ3) is 1.51. The molecule has 1 rings (SSSR count). The molecule has 1 aromatic rings. The predicted octanol–water partition coefficient (Wildman–Crippen LogP) is 1.42. The van der Waals surface area contributed by atoms with Gasteiger partial charge in [-0.1, -0.05) is 0 Å². The molecule has 0 saturated carbocycles. The van der Waals surface area contributed by atoms with E-state index in [9.17, 15) is 4.79 Å². The number of aromatic carboxylic acids is 1. The molecule has 0 fully saturated rings. The van der Waals surface area contributed by atoms with Crippen LogP contribution in [0.2, 0.25) is 0 Å². The Morgan fingerprint density at radius 2 is 2.45 bits per heavy atom. The average Bonchev–Trinajstić information content (AvgIpc) is 2.30. The molecular weight excluding hydrogens is 170 g/mol. The number of aryl methyl sites for hydroxylation is 1. The van der Waals surface area contributed by atoms with Crippen LogP contribution in [0.5, 0.6) is 0 Å². The third-order valence-corrected chi connectivity index (χ3v) is 1.39. The highest BCUT2D eigenvalue weighted by atomic mass is 35.5. The maximum Gasteiger partial charge on any atom is 0.358 e. The Balaban J connectivity index is 3.07. The van der Waals surface area contributed by atoms with Crippen LogP contribution >= 0.6 is 11.6 Å². The second-order valence-electron chi connectivity index (χ2n) is 1.95. The van der Waals surface area contributed by atoms with Gasteiger partial charge >= 0.3 is 5.97 Å². The molecule has 1 N–H and O–H groups in total. The zero-order valence-corrected chi connectivity index (χ0v) is 6.55. The number of alkyl halides is 1. The van der Waals surface area contributed by atoms with Crippen LogP contribution in [-0.2, 0) is 5.88 Å². The molecule has 0 saturated heterocycles. The van der Waals surface area contributed by atoms with Gasteiger partial charge in [-0.25, -0.2) is 9.78 Å². The van der Waals surface area contributed by atoms with Crippen LogP contribution in [-0.4, -0.2) is 16.1 Å². The summed E-state index contributed by atoms with van der Waals surface area (Å²) in [7, 11) is 0. The number of hydrogen-bond acceptors (Lipinski definition) is 3. The van der Waals surface area contributed by atoms with E-state index in [-0.39, 0.29) is 23.2 Å². The number of carboxylic acid groups (broad SMARTS) is 1. The molecule has 1 aromatic heterocycles. The molecule has 0 amide bonds. The largest absolute Gasteiger partial charge is 0.476 e. The van der Waals surface area contributed by atoms with Gasteiger partial charge in [-0.2, -0.15) is 0 Å². The second-order valence-corrected chi connectivity index (χ2v) is 2.22. The summed E-state index contributed by atoms with van der Waals surface area (Å²) in [5.41, 5.74) is -0.0688. The monoisotopic (exact) mass is 175 g/mol. The first-order valence-electron chi connectivity index (χ1n) is 2.90. The summed E-state index contributed by atoms with van der Waals surface area (Å²) in [5.74, 6) is -0.481. The van der Waals surface area contributed by atoms with E-state index in [1.165, 1.54) is 6.92 Å². The number of halogens is 1. The summed E-state index contributed by atoms with van der Waals surface area (Å²) in [6, 6.07) is 0. The van der Waals surface area contributed by atoms with Gasteiger partial charge < -0.3 is 9.52 Å². The van der Waals surface area contributed by atoms with E-state index in [0.717, 1.165) is 0 Å². The predicted molar refractivity (Wildman–Crippen MR) is 37.8 cm³/mol. The maximum absolute atomic E-state index is 10.4. The number of nitrogens with zero attached hydrogens (tertiary/aromatic N) is 1. The average molecular weight is 176 g/mol. The molecule has 0 aromatic carbocycles. The van der Waals surface area contributed by atoms with E-state index in [1.807, 2.05) is 0 Å². The molecule has 1 heterocycles. The fourth-order valence-corrected chi connectivity index (χ4v) is 0.821.